The first-order valence-electron chi connectivity index (χ1n) is 5.34. The second-order valence-corrected chi connectivity index (χ2v) is 3.94. The molecule has 1 aromatic carbocycles. The zero-order valence-electron chi connectivity index (χ0n) is 8.92. The zero-order valence-corrected chi connectivity index (χ0v) is 8.92. The Bertz CT molecular complexity index is 362. The monoisotopic (exact) mass is 204 g/mol. The van der Waals surface area contributed by atoms with Gasteiger partial charge in [0.05, 0.1) is 0 Å². The van der Waals surface area contributed by atoms with Crippen LogP contribution in [0.4, 0.5) is 5.69 Å². The van der Waals surface area contributed by atoms with Crippen molar-refractivity contribution < 1.29 is 4.79 Å². The maximum absolute atomic E-state index is 10.9. The summed E-state index contributed by atoms with van der Waals surface area (Å²) in [5.41, 5.74) is 2.52. The van der Waals surface area contributed by atoms with E-state index in [-0.39, 0.29) is 5.91 Å². The number of fused-ring (bicyclic) bond motifs is 1. The van der Waals surface area contributed by atoms with E-state index in [1.165, 1.54) is 11.3 Å². The molecule has 80 valence electrons. The third-order valence-corrected chi connectivity index (χ3v) is 2.81. The SMILES string of the molecule is CC(=O)NCC1CCNc2ccccc21. The van der Waals surface area contributed by atoms with Crippen LogP contribution < -0.4 is 10.6 Å². The van der Waals surface area contributed by atoms with E-state index in [0.717, 1.165) is 19.5 Å². The van der Waals surface area contributed by atoms with Gasteiger partial charge in [0.15, 0.2) is 0 Å². The molecule has 2 N–H and O–H groups in total. The molecular weight excluding hydrogens is 188 g/mol. The van der Waals surface area contributed by atoms with Crippen molar-refractivity contribution >= 4 is 11.6 Å². The molecule has 1 aromatic rings. The Morgan fingerprint density at radius 2 is 2.33 bits per heavy atom. The molecule has 0 fully saturated rings. The molecule has 3 nitrogen and oxygen atoms in total. The summed E-state index contributed by atoms with van der Waals surface area (Å²) in [6.07, 6.45) is 1.08. The van der Waals surface area contributed by atoms with Gasteiger partial charge in [-0.3, -0.25) is 4.79 Å². The van der Waals surface area contributed by atoms with E-state index >= 15 is 0 Å². The Labute approximate surface area is 89.9 Å². The van der Waals surface area contributed by atoms with Crippen LogP contribution in [0.15, 0.2) is 24.3 Å². The van der Waals surface area contributed by atoms with Gasteiger partial charge in [0, 0.05) is 31.6 Å². The summed E-state index contributed by atoms with van der Waals surface area (Å²) in [6, 6.07) is 8.31. The van der Waals surface area contributed by atoms with Crippen molar-refractivity contribution in [2.45, 2.75) is 19.3 Å². The number of benzene rings is 1. The minimum atomic E-state index is 0.0472. The van der Waals surface area contributed by atoms with Crippen molar-refractivity contribution in [1.82, 2.24) is 5.32 Å². The van der Waals surface area contributed by atoms with Crippen LogP contribution >= 0.6 is 0 Å². The number of carbonyl (C=O) groups is 1. The summed E-state index contributed by atoms with van der Waals surface area (Å²) in [5, 5.41) is 6.26. The van der Waals surface area contributed by atoms with Gasteiger partial charge in [-0.25, -0.2) is 0 Å². The van der Waals surface area contributed by atoms with Gasteiger partial charge in [-0.1, -0.05) is 18.2 Å². The lowest BCUT2D eigenvalue weighted by molar-refractivity contribution is -0.119. The first-order chi connectivity index (χ1) is 7.27. The maximum Gasteiger partial charge on any atom is 0.216 e. The van der Waals surface area contributed by atoms with Crippen molar-refractivity contribution in [2.75, 3.05) is 18.4 Å². The van der Waals surface area contributed by atoms with Crippen LogP contribution in [0.5, 0.6) is 0 Å². The molecule has 2 rings (SSSR count). The quantitative estimate of drug-likeness (QED) is 0.770. The lowest BCUT2D eigenvalue weighted by Gasteiger charge is -2.26. The van der Waals surface area contributed by atoms with Crippen LogP contribution in [0.3, 0.4) is 0 Å². The molecule has 1 atom stereocenters. The summed E-state index contributed by atoms with van der Waals surface area (Å²) in [7, 11) is 0. The predicted molar refractivity (Wildman–Crippen MR) is 61.0 cm³/mol. The van der Waals surface area contributed by atoms with Crippen molar-refractivity contribution in [1.29, 1.82) is 0 Å². The molecule has 1 unspecified atom stereocenters. The van der Waals surface area contributed by atoms with Crippen LogP contribution in [0, 0.1) is 0 Å². The lowest BCUT2D eigenvalue weighted by atomic mass is 9.91. The predicted octanol–water partition coefficient (Wildman–Crippen LogP) is 1.72. The molecule has 1 heterocycles. The largest absolute Gasteiger partial charge is 0.385 e. The van der Waals surface area contributed by atoms with Crippen molar-refractivity contribution in [3.63, 3.8) is 0 Å². The summed E-state index contributed by atoms with van der Waals surface area (Å²) in [6.45, 7) is 3.29. The molecule has 15 heavy (non-hydrogen) atoms. The fraction of sp³-hybridized carbons (Fsp3) is 0.417. The Balaban J connectivity index is 2.11. The second-order valence-electron chi connectivity index (χ2n) is 3.94. The van der Waals surface area contributed by atoms with Crippen molar-refractivity contribution in [3.05, 3.63) is 29.8 Å². The molecule has 0 radical (unpaired) electrons. The van der Waals surface area contributed by atoms with E-state index in [1.807, 2.05) is 12.1 Å². The van der Waals surface area contributed by atoms with Crippen LogP contribution in [-0.2, 0) is 4.79 Å². The van der Waals surface area contributed by atoms with Gasteiger partial charge in [0.2, 0.25) is 5.91 Å². The Kier molecular flexibility index (Phi) is 2.90. The summed E-state index contributed by atoms with van der Waals surface area (Å²) in [5.74, 6) is 0.498. The average Bonchev–Trinajstić information content (AvgIpc) is 2.26. The molecule has 0 bridgehead atoms. The zero-order chi connectivity index (χ0) is 10.7. The van der Waals surface area contributed by atoms with Gasteiger partial charge in [0.25, 0.3) is 0 Å². The van der Waals surface area contributed by atoms with E-state index in [0.29, 0.717) is 5.92 Å². The van der Waals surface area contributed by atoms with E-state index in [9.17, 15) is 4.79 Å². The number of nitrogens with one attached hydrogen (secondary N) is 2. The smallest absolute Gasteiger partial charge is 0.216 e. The number of amides is 1. The number of hydrogen-bond donors (Lipinski definition) is 2. The molecule has 1 aliphatic rings. The normalized spacial score (nSPS) is 18.9. The van der Waals surface area contributed by atoms with Gasteiger partial charge in [-0.15, -0.1) is 0 Å². The Morgan fingerprint density at radius 1 is 1.53 bits per heavy atom. The molecule has 1 aliphatic heterocycles. The topological polar surface area (TPSA) is 41.1 Å². The number of rotatable bonds is 2. The minimum Gasteiger partial charge on any atom is -0.385 e. The Morgan fingerprint density at radius 3 is 3.13 bits per heavy atom. The van der Waals surface area contributed by atoms with Crippen LogP contribution in [0.25, 0.3) is 0 Å². The first kappa shape index (κ1) is 10.0. The Hall–Kier alpha value is -1.51. The van der Waals surface area contributed by atoms with E-state index in [1.54, 1.807) is 6.92 Å². The highest BCUT2D eigenvalue weighted by atomic mass is 16.1. The number of carbonyl (C=O) groups excluding carboxylic acids is 1. The summed E-state index contributed by atoms with van der Waals surface area (Å²) in [4.78, 5) is 10.9. The van der Waals surface area contributed by atoms with Crippen LogP contribution in [0.1, 0.15) is 24.8 Å². The van der Waals surface area contributed by atoms with Gasteiger partial charge < -0.3 is 10.6 Å². The fourth-order valence-electron chi connectivity index (χ4n) is 2.03. The van der Waals surface area contributed by atoms with Gasteiger partial charge in [-0.2, -0.15) is 0 Å². The summed E-state index contributed by atoms with van der Waals surface area (Å²) < 4.78 is 0. The third kappa shape index (κ3) is 2.29. The van der Waals surface area contributed by atoms with Gasteiger partial charge in [0.1, 0.15) is 0 Å². The maximum atomic E-state index is 10.9. The molecule has 1 amide bonds. The van der Waals surface area contributed by atoms with E-state index in [4.69, 9.17) is 0 Å². The highest BCUT2D eigenvalue weighted by Gasteiger charge is 2.19. The standard InChI is InChI=1S/C12H16N2O/c1-9(15)14-8-10-6-7-13-12-5-3-2-4-11(10)12/h2-5,10,13H,6-8H2,1H3,(H,14,15). The van der Waals surface area contributed by atoms with Crippen molar-refractivity contribution in [2.24, 2.45) is 0 Å². The van der Waals surface area contributed by atoms with E-state index < -0.39 is 0 Å². The molecule has 3 heteroatoms. The van der Waals surface area contributed by atoms with E-state index in [2.05, 4.69) is 22.8 Å². The molecule has 0 spiro atoms. The molecular formula is C12H16N2O. The minimum absolute atomic E-state index is 0.0472. The second kappa shape index (κ2) is 4.34. The molecule has 0 aliphatic carbocycles. The fourth-order valence-corrected chi connectivity index (χ4v) is 2.03. The number of hydrogen-bond acceptors (Lipinski definition) is 2. The molecule has 0 aromatic heterocycles. The highest BCUT2D eigenvalue weighted by molar-refractivity contribution is 5.73. The van der Waals surface area contributed by atoms with Crippen LogP contribution in [0.2, 0.25) is 0 Å². The van der Waals surface area contributed by atoms with Gasteiger partial charge >= 0.3 is 0 Å². The summed E-state index contributed by atoms with van der Waals surface area (Å²) >= 11 is 0. The van der Waals surface area contributed by atoms with Gasteiger partial charge in [-0.05, 0) is 18.1 Å². The average molecular weight is 204 g/mol. The van der Waals surface area contributed by atoms with Crippen molar-refractivity contribution in [3.8, 4) is 0 Å². The first-order valence-corrected chi connectivity index (χ1v) is 5.34. The third-order valence-electron chi connectivity index (χ3n) is 2.81. The number of para-hydroxylation sites is 1. The van der Waals surface area contributed by atoms with Crippen LogP contribution in [-0.4, -0.2) is 19.0 Å². The highest BCUT2D eigenvalue weighted by Crippen LogP contribution is 2.30. The molecule has 0 saturated carbocycles. The number of anilines is 1. The lowest BCUT2D eigenvalue weighted by Crippen LogP contribution is -2.29. The molecule has 0 saturated heterocycles.